The Labute approximate surface area is 165 Å². The summed E-state index contributed by atoms with van der Waals surface area (Å²) in [5.74, 6) is 0. The Balaban J connectivity index is 1.89. The molecular weight excluding hydrogens is 396 g/mol. The summed E-state index contributed by atoms with van der Waals surface area (Å²) >= 11 is 3.67. The number of para-hydroxylation sites is 2. The van der Waals surface area contributed by atoms with Crippen molar-refractivity contribution >= 4 is 37.7 Å². The van der Waals surface area contributed by atoms with E-state index in [1.807, 2.05) is 42.5 Å². The van der Waals surface area contributed by atoms with Crippen LogP contribution >= 0.6 is 15.9 Å². The summed E-state index contributed by atoms with van der Waals surface area (Å²) in [6, 6.07) is 30.9. The summed E-state index contributed by atoms with van der Waals surface area (Å²) < 4.78 is 1.08. The largest absolute Gasteiger partial charge is 0.244 e. The molecule has 5 rings (SSSR count). The quantitative estimate of drug-likeness (QED) is 0.316. The van der Waals surface area contributed by atoms with Gasteiger partial charge in [-0.1, -0.05) is 88.7 Å². The second kappa shape index (κ2) is 6.60. The Kier molecular flexibility index (Phi) is 3.95. The molecule has 0 aliphatic rings. The van der Waals surface area contributed by atoms with E-state index in [1.165, 1.54) is 5.39 Å². The average Bonchev–Trinajstić information content (AvgIpc) is 2.73. The van der Waals surface area contributed by atoms with E-state index in [1.54, 1.807) is 0 Å². The van der Waals surface area contributed by atoms with Crippen LogP contribution < -0.4 is 0 Å². The molecule has 3 heteroatoms. The number of aromatic nitrogens is 2. The zero-order valence-electron chi connectivity index (χ0n) is 14.4. The predicted molar refractivity (Wildman–Crippen MR) is 116 cm³/mol. The van der Waals surface area contributed by atoms with Gasteiger partial charge in [0.05, 0.1) is 22.4 Å². The molecule has 1 aromatic heterocycles. The summed E-state index contributed by atoms with van der Waals surface area (Å²) in [4.78, 5) is 10.0. The van der Waals surface area contributed by atoms with Crippen LogP contribution in [0.1, 0.15) is 0 Å². The van der Waals surface area contributed by atoms with Gasteiger partial charge in [-0.25, -0.2) is 9.97 Å². The van der Waals surface area contributed by atoms with Crippen molar-refractivity contribution in [2.45, 2.75) is 0 Å². The fraction of sp³-hybridized carbons (Fsp3) is 0. The number of hydrogen-bond donors (Lipinski definition) is 0. The zero-order chi connectivity index (χ0) is 18.2. The molecule has 4 aromatic carbocycles. The minimum absolute atomic E-state index is 0.902. The molecule has 2 nitrogen and oxygen atoms in total. The normalized spacial score (nSPS) is 11.1. The van der Waals surface area contributed by atoms with Gasteiger partial charge in [0.25, 0.3) is 0 Å². The summed E-state index contributed by atoms with van der Waals surface area (Å²) in [7, 11) is 0. The number of nitrogens with zero attached hydrogens (tertiary/aromatic N) is 2. The summed E-state index contributed by atoms with van der Waals surface area (Å²) in [6.07, 6.45) is 0. The second-order valence-electron chi connectivity index (χ2n) is 6.42. The Bertz CT molecular complexity index is 1280. The molecule has 0 unspecified atom stereocenters. The number of rotatable bonds is 2. The molecule has 0 bridgehead atoms. The lowest BCUT2D eigenvalue weighted by atomic mass is 9.98. The van der Waals surface area contributed by atoms with Crippen molar-refractivity contribution in [1.82, 2.24) is 9.97 Å². The maximum absolute atomic E-state index is 5.02. The van der Waals surface area contributed by atoms with Crippen molar-refractivity contribution in [3.63, 3.8) is 0 Å². The lowest BCUT2D eigenvalue weighted by Crippen LogP contribution is -1.96. The van der Waals surface area contributed by atoms with E-state index in [0.29, 0.717) is 0 Å². The molecule has 0 saturated heterocycles. The Morgan fingerprint density at radius 1 is 0.519 bits per heavy atom. The van der Waals surface area contributed by atoms with Gasteiger partial charge in [-0.05, 0) is 29.0 Å². The summed E-state index contributed by atoms with van der Waals surface area (Å²) in [6.45, 7) is 0. The van der Waals surface area contributed by atoms with E-state index in [2.05, 4.69) is 64.5 Å². The molecule has 0 atom stereocenters. The van der Waals surface area contributed by atoms with Gasteiger partial charge in [-0.3, -0.25) is 0 Å². The first-order valence-corrected chi connectivity index (χ1v) is 9.60. The van der Waals surface area contributed by atoms with E-state index >= 15 is 0 Å². The fourth-order valence-electron chi connectivity index (χ4n) is 3.46. The standard InChI is InChI=1S/C24H15BrN2/c25-20-13-7-10-17-18(20)11-6-12-19(17)24-23(16-8-2-1-3-9-16)26-21-14-4-5-15-22(21)27-24/h1-15H. The monoisotopic (exact) mass is 410 g/mol. The van der Waals surface area contributed by atoms with Gasteiger partial charge in [0.2, 0.25) is 0 Å². The summed E-state index contributed by atoms with van der Waals surface area (Å²) in [5.41, 5.74) is 5.77. The third-order valence-corrected chi connectivity index (χ3v) is 5.43. The molecule has 0 aliphatic heterocycles. The molecule has 0 aliphatic carbocycles. The van der Waals surface area contributed by atoms with Crippen molar-refractivity contribution < 1.29 is 0 Å². The molecule has 0 fully saturated rings. The van der Waals surface area contributed by atoms with Crippen LogP contribution in [0, 0.1) is 0 Å². The Morgan fingerprint density at radius 2 is 1.15 bits per heavy atom. The fourth-order valence-corrected chi connectivity index (χ4v) is 3.96. The lowest BCUT2D eigenvalue weighted by molar-refractivity contribution is 1.30. The third kappa shape index (κ3) is 2.81. The number of halogens is 1. The maximum Gasteiger partial charge on any atom is 0.0979 e. The van der Waals surface area contributed by atoms with E-state index < -0.39 is 0 Å². The van der Waals surface area contributed by atoms with Gasteiger partial charge in [-0.2, -0.15) is 0 Å². The van der Waals surface area contributed by atoms with Crippen LogP contribution in [0.4, 0.5) is 0 Å². The molecule has 0 amide bonds. The van der Waals surface area contributed by atoms with E-state index in [9.17, 15) is 0 Å². The molecule has 128 valence electrons. The molecule has 0 N–H and O–H groups in total. The van der Waals surface area contributed by atoms with Crippen molar-refractivity contribution in [2.75, 3.05) is 0 Å². The Morgan fingerprint density at radius 3 is 1.93 bits per heavy atom. The molecule has 0 saturated carbocycles. The molecular formula is C24H15BrN2. The molecule has 5 aromatic rings. The van der Waals surface area contributed by atoms with Crippen LogP contribution in [0.2, 0.25) is 0 Å². The van der Waals surface area contributed by atoms with Gasteiger partial charge >= 0.3 is 0 Å². The minimum atomic E-state index is 0.902. The topological polar surface area (TPSA) is 25.8 Å². The van der Waals surface area contributed by atoms with Crippen LogP contribution in [0.15, 0.2) is 95.5 Å². The highest BCUT2D eigenvalue weighted by molar-refractivity contribution is 9.10. The second-order valence-corrected chi connectivity index (χ2v) is 7.27. The van der Waals surface area contributed by atoms with Crippen molar-refractivity contribution in [3.05, 3.63) is 95.5 Å². The maximum atomic E-state index is 5.02. The van der Waals surface area contributed by atoms with Crippen molar-refractivity contribution in [2.24, 2.45) is 0 Å². The van der Waals surface area contributed by atoms with Crippen LogP contribution in [0.5, 0.6) is 0 Å². The van der Waals surface area contributed by atoms with Crippen LogP contribution in [0.3, 0.4) is 0 Å². The third-order valence-electron chi connectivity index (χ3n) is 4.74. The van der Waals surface area contributed by atoms with E-state index in [-0.39, 0.29) is 0 Å². The number of benzene rings is 4. The first kappa shape index (κ1) is 16.2. The SMILES string of the molecule is Brc1cccc2c(-c3nc4ccccc4nc3-c3ccccc3)cccc12. The van der Waals surface area contributed by atoms with Gasteiger partial charge in [0.15, 0.2) is 0 Å². The smallest absolute Gasteiger partial charge is 0.0979 e. The highest BCUT2D eigenvalue weighted by Gasteiger charge is 2.15. The summed E-state index contributed by atoms with van der Waals surface area (Å²) in [5, 5.41) is 2.33. The van der Waals surface area contributed by atoms with Crippen LogP contribution in [0.25, 0.3) is 44.3 Å². The van der Waals surface area contributed by atoms with Gasteiger partial charge in [-0.15, -0.1) is 0 Å². The highest BCUT2D eigenvalue weighted by atomic mass is 79.9. The van der Waals surface area contributed by atoms with Gasteiger partial charge < -0.3 is 0 Å². The first-order valence-electron chi connectivity index (χ1n) is 8.81. The highest BCUT2D eigenvalue weighted by Crippen LogP contribution is 2.36. The van der Waals surface area contributed by atoms with Crippen molar-refractivity contribution in [3.8, 4) is 22.5 Å². The predicted octanol–water partition coefficient (Wildman–Crippen LogP) is 6.88. The Hall–Kier alpha value is -3.04. The van der Waals surface area contributed by atoms with Gasteiger partial charge in [0, 0.05) is 15.6 Å². The van der Waals surface area contributed by atoms with E-state index in [4.69, 9.17) is 9.97 Å². The van der Waals surface area contributed by atoms with Crippen LogP contribution in [-0.2, 0) is 0 Å². The lowest BCUT2D eigenvalue weighted by Gasteiger charge is -2.13. The zero-order valence-corrected chi connectivity index (χ0v) is 16.0. The van der Waals surface area contributed by atoms with E-state index in [0.717, 1.165) is 43.4 Å². The number of fused-ring (bicyclic) bond motifs is 2. The van der Waals surface area contributed by atoms with Crippen molar-refractivity contribution in [1.29, 1.82) is 0 Å². The minimum Gasteiger partial charge on any atom is -0.244 e. The first-order chi connectivity index (χ1) is 13.3. The molecule has 0 spiro atoms. The number of hydrogen-bond acceptors (Lipinski definition) is 2. The molecule has 1 heterocycles. The van der Waals surface area contributed by atoms with Gasteiger partial charge in [0.1, 0.15) is 0 Å². The van der Waals surface area contributed by atoms with Crippen LogP contribution in [-0.4, -0.2) is 9.97 Å². The average molecular weight is 411 g/mol. The molecule has 27 heavy (non-hydrogen) atoms. The molecule has 0 radical (unpaired) electrons.